The van der Waals surface area contributed by atoms with Gasteiger partial charge in [-0.1, -0.05) is 275 Å². The van der Waals surface area contributed by atoms with E-state index in [4.69, 9.17) is 0 Å². The molecule has 1 amide bonds. The highest BCUT2D eigenvalue weighted by atomic mass is 16.3. The largest absolute Gasteiger partial charge is 0.394 e. The van der Waals surface area contributed by atoms with Gasteiger partial charge in [-0.15, -0.1) is 0 Å². The topological polar surface area (TPSA) is 89.8 Å². The van der Waals surface area contributed by atoms with Gasteiger partial charge in [0.1, 0.15) is 6.10 Å². The fourth-order valence-corrected chi connectivity index (χ4v) is 8.61. The van der Waals surface area contributed by atoms with Gasteiger partial charge in [0.15, 0.2) is 0 Å². The minimum Gasteiger partial charge on any atom is -0.394 e. The number of allylic oxidation sites excluding steroid dienone is 5. The lowest BCUT2D eigenvalue weighted by molar-refractivity contribution is -0.131. The molecular formula is C57H109NO4. The molecule has 0 fully saturated rings. The Kier molecular flexibility index (Phi) is 51.0. The normalized spacial score (nSPS) is 13.6. The molecular weight excluding hydrogens is 763 g/mol. The molecule has 3 atom stereocenters. The van der Waals surface area contributed by atoms with Crippen molar-refractivity contribution in [2.45, 2.75) is 315 Å². The van der Waals surface area contributed by atoms with E-state index in [9.17, 15) is 20.1 Å². The third kappa shape index (κ3) is 46.6. The molecule has 0 heterocycles. The van der Waals surface area contributed by atoms with E-state index in [0.29, 0.717) is 6.42 Å². The van der Waals surface area contributed by atoms with E-state index in [1.807, 2.05) is 6.08 Å². The predicted molar refractivity (Wildman–Crippen MR) is 273 cm³/mol. The summed E-state index contributed by atoms with van der Waals surface area (Å²) < 4.78 is 0. The molecule has 62 heavy (non-hydrogen) atoms. The molecule has 0 saturated carbocycles. The highest BCUT2D eigenvalue weighted by molar-refractivity contribution is 5.80. The van der Waals surface area contributed by atoms with E-state index >= 15 is 0 Å². The second kappa shape index (κ2) is 52.2. The van der Waals surface area contributed by atoms with Crippen LogP contribution < -0.4 is 5.32 Å². The molecule has 0 spiro atoms. The molecule has 5 heteroatoms. The van der Waals surface area contributed by atoms with E-state index in [-0.39, 0.29) is 6.61 Å². The first-order valence-electron chi connectivity index (χ1n) is 27.8. The van der Waals surface area contributed by atoms with Crippen molar-refractivity contribution in [2.24, 2.45) is 0 Å². The Morgan fingerprint density at radius 1 is 0.387 bits per heavy atom. The number of aliphatic hydroxyl groups is 3. The monoisotopic (exact) mass is 872 g/mol. The molecule has 0 aromatic heterocycles. The summed E-state index contributed by atoms with van der Waals surface area (Å²) >= 11 is 0. The van der Waals surface area contributed by atoms with Crippen LogP contribution in [0.3, 0.4) is 0 Å². The molecule has 0 aromatic carbocycles. The van der Waals surface area contributed by atoms with Crippen molar-refractivity contribution in [3.63, 3.8) is 0 Å². The van der Waals surface area contributed by atoms with Crippen molar-refractivity contribution < 1.29 is 20.1 Å². The van der Waals surface area contributed by atoms with E-state index in [1.54, 1.807) is 6.08 Å². The molecule has 0 radical (unpaired) electrons. The van der Waals surface area contributed by atoms with Crippen molar-refractivity contribution in [1.82, 2.24) is 5.32 Å². The molecule has 366 valence electrons. The third-order valence-corrected chi connectivity index (χ3v) is 13.0. The van der Waals surface area contributed by atoms with Crippen molar-refractivity contribution in [3.05, 3.63) is 36.5 Å². The molecule has 0 aliphatic rings. The van der Waals surface area contributed by atoms with Crippen LogP contribution in [-0.2, 0) is 4.79 Å². The third-order valence-electron chi connectivity index (χ3n) is 13.0. The van der Waals surface area contributed by atoms with Crippen molar-refractivity contribution in [1.29, 1.82) is 0 Å². The first-order chi connectivity index (χ1) is 30.6. The maximum absolute atomic E-state index is 12.5. The summed E-state index contributed by atoms with van der Waals surface area (Å²) in [5, 5.41) is 33.3. The quantitative estimate of drug-likeness (QED) is 0.0362. The van der Waals surface area contributed by atoms with Crippen LogP contribution in [0.5, 0.6) is 0 Å². The zero-order valence-electron chi connectivity index (χ0n) is 41.8. The van der Waals surface area contributed by atoms with Gasteiger partial charge in [0.05, 0.1) is 18.8 Å². The summed E-state index contributed by atoms with van der Waals surface area (Å²) in [4.78, 5) is 12.5. The number of nitrogens with one attached hydrogen (secondary N) is 1. The minimum atomic E-state index is -1.11. The summed E-state index contributed by atoms with van der Waals surface area (Å²) in [6.07, 6.45) is 67.9. The van der Waals surface area contributed by atoms with Gasteiger partial charge < -0.3 is 20.6 Å². The Bertz CT molecular complexity index is 962. The fourth-order valence-electron chi connectivity index (χ4n) is 8.61. The second-order valence-corrected chi connectivity index (χ2v) is 19.1. The van der Waals surface area contributed by atoms with Crippen molar-refractivity contribution >= 4 is 5.91 Å². The first-order valence-corrected chi connectivity index (χ1v) is 27.8. The van der Waals surface area contributed by atoms with Crippen LogP contribution in [0.4, 0.5) is 0 Å². The molecule has 0 rings (SSSR count). The number of carbonyl (C=O) groups excluding carboxylic acids is 1. The van der Waals surface area contributed by atoms with E-state index in [2.05, 4.69) is 43.5 Å². The Morgan fingerprint density at radius 3 is 0.984 bits per heavy atom. The number of hydrogen-bond donors (Lipinski definition) is 4. The molecule has 0 saturated heterocycles. The predicted octanol–water partition coefficient (Wildman–Crippen LogP) is 17.1. The number of unbranched alkanes of at least 4 members (excludes halogenated alkanes) is 39. The summed E-state index contributed by atoms with van der Waals surface area (Å²) in [5.41, 5.74) is 0. The number of aliphatic hydroxyl groups excluding tert-OH is 3. The minimum absolute atomic E-state index is 0.375. The van der Waals surface area contributed by atoms with E-state index < -0.39 is 24.2 Å². The number of hydrogen-bond acceptors (Lipinski definition) is 4. The fraction of sp³-hybridized carbons (Fsp3) is 0.877. The van der Waals surface area contributed by atoms with Gasteiger partial charge in [0.2, 0.25) is 5.91 Å². The highest BCUT2D eigenvalue weighted by Crippen LogP contribution is 2.17. The molecule has 0 aromatic rings. The summed E-state index contributed by atoms with van der Waals surface area (Å²) in [6.45, 7) is 4.20. The Labute approximate surface area is 387 Å². The lowest BCUT2D eigenvalue weighted by Crippen LogP contribution is -2.48. The van der Waals surface area contributed by atoms with Crippen LogP contribution in [0.25, 0.3) is 0 Å². The lowest BCUT2D eigenvalue weighted by atomic mass is 10.0. The standard InChI is InChI=1S/C57H109NO4/c1-3-5-7-9-11-13-15-17-19-21-23-25-26-27-28-29-30-31-32-34-36-38-40-42-44-46-48-50-52-56(61)57(62)58-54(53-59)55(60)51-49-47-45-43-41-39-37-35-33-24-22-20-18-16-14-12-10-8-6-4-2/h27-28,41,43,49,51,54-56,59-61H,3-26,29-40,42,44-48,50,52-53H2,1-2H3,(H,58,62)/b28-27-,43-41+,51-49+. The molecule has 3 unspecified atom stereocenters. The van der Waals surface area contributed by atoms with Gasteiger partial charge in [-0.25, -0.2) is 0 Å². The zero-order valence-corrected chi connectivity index (χ0v) is 41.8. The Morgan fingerprint density at radius 2 is 0.661 bits per heavy atom. The molecule has 0 aliphatic heterocycles. The Hall–Kier alpha value is -1.43. The number of carbonyl (C=O) groups is 1. The molecule has 4 N–H and O–H groups in total. The van der Waals surface area contributed by atoms with Crippen LogP contribution in [0.1, 0.15) is 296 Å². The van der Waals surface area contributed by atoms with Crippen LogP contribution in [0, 0.1) is 0 Å². The maximum atomic E-state index is 12.5. The van der Waals surface area contributed by atoms with Crippen LogP contribution >= 0.6 is 0 Å². The van der Waals surface area contributed by atoms with Crippen LogP contribution in [0.15, 0.2) is 36.5 Å². The number of amides is 1. The van der Waals surface area contributed by atoms with Gasteiger partial charge >= 0.3 is 0 Å². The van der Waals surface area contributed by atoms with Crippen molar-refractivity contribution in [3.8, 4) is 0 Å². The molecule has 5 nitrogen and oxygen atoms in total. The Balaban J connectivity index is 3.59. The average Bonchev–Trinajstić information content (AvgIpc) is 3.28. The first kappa shape index (κ1) is 60.6. The molecule has 0 bridgehead atoms. The zero-order chi connectivity index (χ0) is 45.1. The highest BCUT2D eigenvalue weighted by Gasteiger charge is 2.22. The molecule has 0 aliphatic carbocycles. The maximum Gasteiger partial charge on any atom is 0.249 e. The van der Waals surface area contributed by atoms with Gasteiger partial charge in [-0.05, 0) is 57.8 Å². The SMILES string of the molecule is CCCCCCCCCCCCCC/C=C\CCCCCCCCCCCCCCC(O)C(=O)NC(CO)C(O)/C=C/CC/C=C/CCCCCCCCCCCCCCCC. The van der Waals surface area contributed by atoms with Crippen molar-refractivity contribution in [2.75, 3.05) is 6.61 Å². The van der Waals surface area contributed by atoms with Gasteiger partial charge in [0, 0.05) is 0 Å². The van der Waals surface area contributed by atoms with Crippen LogP contribution in [-0.4, -0.2) is 46.1 Å². The summed E-state index contributed by atoms with van der Waals surface area (Å²) in [5.74, 6) is -0.510. The smallest absolute Gasteiger partial charge is 0.249 e. The summed E-state index contributed by atoms with van der Waals surface area (Å²) in [6, 6.07) is -0.815. The lowest BCUT2D eigenvalue weighted by Gasteiger charge is -2.21. The number of rotatable bonds is 51. The van der Waals surface area contributed by atoms with Gasteiger partial charge in [0.25, 0.3) is 0 Å². The van der Waals surface area contributed by atoms with E-state index in [1.165, 1.54) is 238 Å². The summed E-state index contributed by atoms with van der Waals surface area (Å²) in [7, 11) is 0. The van der Waals surface area contributed by atoms with Gasteiger partial charge in [-0.2, -0.15) is 0 Å². The second-order valence-electron chi connectivity index (χ2n) is 19.1. The average molecular weight is 873 g/mol. The van der Waals surface area contributed by atoms with E-state index in [0.717, 1.165) is 38.5 Å². The van der Waals surface area contributed by atoms with Gasteiger partial charge in [-0.3, -0.25) is 4.79 Å². The van der Waals surface area contributed by atoms with Crippen LogP contribution in [0.2, 0.25) is 0 Å².